The topological polar surface area (TPSA) is 78.5 Å². The van der Waals surface area contributed by atoms with Crippen molar-refractivity contribution in [3.8, 4) is 0 Å². The van der Waals surface area contributed by atoms with Crippen molar-refractivity contribution in [2.45, 2.75) is 12.8 Å². The van der Waals surface area contributed by atoms with Crippen LogP contribution in [0.15, 0.2) is 23.0 Å². The third-order valence-corrected chi connectivity index (χ3v) is 3.50. The van der Waals surface area contributed by atoms with Crippen molar-refractivity contribution in [3.63, 3.8) is 0 Å². The van der Waals surface area contributed by atoms with Gasteiger partial charge in [-0.25, -0.2) is 15.0 Å². The predicted octanol–water partition coefficient (Wildman–Crippen LogP) is 1.30. The summed E-state index contributed by atoms with van der Waals surface area (Å²) in [5.41, 5.74) is -0.865. The molecule has 0 amide bonds. The second kappa shape index (κ2) is 6.03. The van der Waals surface area contributed by atoms with Crippen LogP contribution in [0.3, 0.4) is 0 Å². The maximum Gasteiger partial charge on any atom is 0.419 e. The maximum atomic E-state index is 12.5. The van der Waals surface area contributed by atoms with Crippen LogP contribution in [0, 0.1) is 0 Å². The Kier molecular flexibility index (Phi) is 4.07. The second-order valence-electron chi connectivity index (χ2n) is 5.01. The third kappa shape index (κ3) is 3.36. The third-order valence-electron chi connectivity index (χ3n) is 3.50. The van der Waals surface area contributed by atoms with Crippen LogP contribution in [0.2, 0.25) is 0 Å². The van der Waals surface area contributed by atoms with Crippen LogP contribution in [0.25, 0.3) is 0 Å². The fourth-order valence-electron chi connectivity index (χ4n) is 2.25. The van der Waals surface area contributed by atoms with Gasteiger partial charge in [0.05, 0.1) is 11.8 Å². The largest absolute Gasteiger partial charge is 0.426 e. The molecule has 0 atom stereocenters. The van der Waals surface area contributed by atoms with Crippen molar-refractivity contribution in [1.82, 2.24) is 15.0 Å². The Bertz CT molecular complexity index is 650. The standard InChI is InChI=1S/C13H14F3N5O2/c14-13(15,16)9-5-17-11(18-6-9)20-1-3-21(4-2-20)12-19-7-10(8-22)23-12/h5-7,22H,1-4,8H2. The average Bonchev–Trinajstić information content (AvgIpc) is 3.03. The first-order valence-electron chi connectivity index (χ1n) is 6.92. The Morgan fingerprint density at radius 3 is 2.13 bits per heavy atom. The van der Waals surface area contributed by atoms with E-state index in [-0.39, 0.29) is 12.6 Å². The van der Waals surface area contributed by atoms with E-state index in [1.54, 1.807) is 4.90 Å². The number of anilines is 2. The number of piperazine rings is 1. The number of aliphatic hydroxyl groups excluding tert-OH is 1. The summed E-state index contributed by atoms with van der Waals surface area (Å²) in [4.78, 5) is 15.3. The number of hydrogen-bond donors (Lipinski definition) is 1. The zero-order valence-electron chi connectivity index (χ0n) is 12.0. The summed E-state index contributed by atoms with van der Waals surface area (Å²) in [6.45, 7) is 1.97. The van der Waals surface area contributed by atoms with E-state index in [1.807, 2.05) is 4.90 Å². The van der Waals surface area contributed by atoms with Crippen molar-refractivity contribution in [1.29, 1.82) is 0 Å². The van der Waals surface area contributed by atoms with Gasteiger partial charge in [-0.2, -0.15) is 13.2 Å². The monoisotopic (exact) mass is 329 g/mol. The fourth-order valence-corrected chi connectivity index (χ4v) is 2.25. The van der Waals surface area contributed by atoms with Gasteiger partial charge in [0, 0.05) is 38.6 Å². The average molecular weight is 329 g/mol. The van der Waals surface area contributed by atoms with E-state index in [0.717, 1.165) is 12.4 Å². The molecule has 1 aliphatic heterocycles. The highest BCUT2D eigenvalue weighted by atomic mass is 19.4. The van der Waals surface area contributed by atoms with Crippen LogP contribution >= 0.6 is 0 Å². The summed E-state index contributed by atoms with van der Waals surface area (Å²) in [6, 6.07) is 0.419. The highest BCUT2D eigenvalue weighted by molar-refractivity contribution is 5.36. The Morgan fingerprint density at radius 2 is 1.61 bits per heavy atom. The van der Waals surface area contributed by atoms with E-state index in [1.165, 1.54) is 6.20 Å². The van der Waals surface area contributed by atoms with Crippen LogP contribution in [0.1, 0.15) is 11.3 Å². The smallest absolute Gasteiger partial charge is 0.419 e. The minimum atomic E-state index is -4.44. The zero-order chi connectivity index (χ0) is 16.4. The molecule has 1 aliphatic rings. The Labute approximate surface area is 129 Å². The van der Waals surface area contributed by atoms with Gasteiger partial charge < -0.3 is 19.3 Å². The minimum absolute atomic E-state index is 0.216. The predicted molar refractivity (Wildman–Crippen MR) is 73.9 cm³/mol. The molecular formula is C13H14F3N5O2. The highest BCUT2D eigenvalue weighted by Gasteiger charge is 2.32. The summed E-state index contributed by atoms with van der Waals surface area (Å²) < 4.78 is 42.8. The molecule has 2 aromatic rings. The molecule has 2 aromatic heterocycles. The van der Waals surface area contributed by atoms with Crippen LogP contribution in [0.4, 0.5) is 25.1 Å². The first kappa shape index (κ1) is 15.5. The van der Waals surface area contributed by atoms with Crippen molar-refractivity contribution in [2.75, 3.05) is 36.0 Å². The highest BCUT2D eigenvalue weighted by Crippen LogP contribution is 2.28. The molecule has 7 nitrogen and oxygen atoms in total. The summed E-state index contributed by atoms with van der Waals surface area (Å²) >= 11 is 0. The zero-order valence-corrected chi connectivity index (χ0v) is 12.0. The van der Waals surface area contributed by atoms with Crippen molar-refractivity contribution in [2.24, 2.45) is 0 Å². The Morgan fingerprint density at radius 1 is 1.00 bits per heavy atom. The molecule has 0 radical (unpaired) electrons. The lowest BCUT2D eigenvalue weighted by molar-refractivity contribution is -0.138. The van der Waals surface area contributed by atoms with Crippen molar-refractivity contribution in [3.05, 3.63) is 29.9 Å². The summed E-state index contributed by atoms with van der Waals surface area (Å²) in [5, 5.41) is 8.96. The van der Waals surface area contributed by atoms with Gasteiger partial charge in [-0.3, -0.25) is 0 Å². The van der Waals surface area contributed by atoms with E-state index in [0.29, 0.717) is 38.0 Å². The molecular weight excluding hydrogens is 315 g/mol. The van der Waals surface area contributed by atoms with Crippen molar-refractivity contribution < 1.29 is 22.7 Å². The lowest BCUT2D eigenvalue weighted by atomic mass is 10.3. The molecule has 0 saturated carbocycles. The van der Waals surface area contributed by atoms with Gasteiger partial charge in [-0.05, 0) is 0 Å². The number of aromatic nitrogens is 3. The van der Waals surface area contributed by atoms with E-state index >= 15 is 0 Å². The number of nitrogens with zero attached hydrogens (tertiary/aromatic N) is 5. The fraction of sp³-hybridized carbons (Fsp3) is 0.462. The van der Waals surface area contributed by atoms with Gasteiger partial charge in [0.1, 0.15) is 6.61 Å². The number of aliphatic hydroxyl groups is 1. The van der Waals surface area contributed by atoms with E-state index < -0.39 is 11.7 Å². The van der Waals surface area contributed by atoms with Gasteiger partial charge in [-0.15, -0.1) is 0 Å². The van der Waals surface area contributed by atoms with Crippen LogP contribution in [-0.4, -0.2) is 46.2 Å². The molecule has 0 unspecified atom stereocenters. The number of alkyl halides is 3. The second-order valence-corrected chi connectivity index (χ2v) is 5.01. The van der Waals surface area contributed by atoms with Crippen LogP contribution in [0.5, 0.6) is 0 Å². The number of hydrogen-bond acceptors (Lipinski definition) is 7. The molecule has 1 saturated heterocycles. The molecule has 1 N–H and O–H groups in total. The summed E-state index contributed by atoms with van der Waals surface area (Å²) in [7, 11) is 0. The number of oxazole rings is 1. The maximum absolute atomic E-state index is 12.5. The molecule has 0 aromatic carbocycles. The summed E-state index contributed by atoms with van der Waals surface area (Å²) in [6.07, 6.45) is -1.40. The molecule has 3 rings (SSSR count). The number of rotatable bonds is 3. The first-order valence-corrected chi connectivity index (χ1v) is 6.92. The van der Waals surface area contributed by atoms with Crippen LogP contribution < -0.4 is 9.80 Å². The van der Waals surface area contributed by atoms with Crippen LogP contribution in [-0.2, 0) is 12.8 Å². The lowest BCUT2D eigenvalue weighted by Crippen LogP contribution is -2.47. The number of halogens is 3. The van der Waals surface area contributed by atoms with Crippen molar-refractivity contribution >= 4 is 12.0 Å². The Balaban J connectivity index is 1.62. The normalized spacial score (nSPS) is 16.0. The molecule has 0 bridgehead atoms. The molecule has 0 spiro atoms. The molecule has 1 fully saturated rings. The van der Waals surface area contributed by atoms with Gasteiger partial charge in [-0.1, -0.05) is 0 Å². The summed E-state index contributed by atoms with van der Waals surface area (Å²) in [5.74, 6) is 0.648. The lowest BCUT2D eigenvalue weighted by Gasteiger charge is -2.33. The van der Waals surface area contributed by atoms with E-state index in [9.17, 15) is 13.2 Å². The van der Waals surface area contributed by atoms with E-state index in [2.05, 4.69) is 15.0 Å². The minimum Gasteiger partial charge on any atom is -0.426 e. The van der Waals surface area contributed by atoms with E-state index in [4.69, 9.17) is 9.52 Å². The Hall–Kier alpha value is -2.36. The molecule has 3 heterocycles. The quantitative estimate of drug-likeness (QED) is 0.909. The molecule has 23 heavy (non-hydrogen) atoms. The molecule has 124 valence electrons. The van der Waals surface area contributed by atoms with Gasteiger partial charge in [0.25, 0.3) is 6.01 Å². The van der Waals surface area contributed by atoms with Gasteiger partial charge in [0.2, 0.25) is 5.95 Å². The van der Waals surface area contributed by atoms with Gasteiger partial charge >= 0.3 is 6.18 Å². The molecule has 10 heteroatoms. The molecule has 0 aliphatic carbocycles. The van der Waals surface area contributed by atoms with Gasteiger partial charge in [0.15, 0.2) is 5.76 Å². The first-order chi connectivity index (χ1) is 11.0. The SMILES string of the molecule is OCc1cnc(N2CCN(c3ncc(C(F)(F)F)cn3)CC2)o1.